The summed E-state index contributed by atoms with van der Waals surface area (Å²) in [4.78, 5) is 10.4. The van der Waals surface area contributed by atoms with Gasteiger partial charge in [-0.15, -0.1) is 0 Å². The maximum Gasteiger partial charge on any atom is 0.330 e. The maximum atomic E-state index is 10.4. The fourth-order valence-corrected chi connectivity index (χ4v) is 0.303. The zero-order valence-corrected chi connectivity index (χ0v) is 5.83. The summed E-state index contributed by atoms with van der Waals surface area (Å²) in [5.74, 6) is -0.731. The number of nitrogens with zero attached hydrogens (tertiary/aromatic N) is 1. The molecule has 0 saturated carbocycles. The largest absolute Gasteiger partial charge is 0.461 e. The van der Waals surface area contributed by atoms with Gasteiger partial charge in [-0.25, -0.2) is 4.79 Å². The van der Waals surface area contributed by atoms with Crippen LogP contribution in [0.15, 0.2) is 12.7 Å². The molecule has 54 valence electrons. The molecule has 3 heteroatoms. The second kappa shape index (κ2) is 4.57. The Morgan fingerprint density at radius 3 is 3.00 bits per heavy atom. The highest BCUT2D eigenvalue weighted by molar-refractivity contribution is 5.81. The summed E-state index contributed by atoms with van der Waals surface area (Å²) in [5, 5.41) is 8.25. The second-order valence-electron chi connectivity index (χ2n) is 1.86. The van der Waals surface area contributed by atoms with Crippen LogP contribution in [0.25, 0.3) is 0 Å². The van der Waals surface area contributed by atoms with Crippen molar-refractivity contribution in [3.63, 3.8) is 0 Å². The van der Waals surface area contributed by atoms with Crippen molar-refractivity contribution in [1.29, 1.82) is 5.26 Å². The van der Waals surface area contributed by atoms with Gasteiger partial charge < -0.3 is 4.74 Å². The monoisotopic (exact) mass is 139 g/mol. The van der Waals surface area contributed by atoms with Crippen molar-refractivity contribution in [2.24, 2.45) is 5.92 Å². The number of hydrogen-bond acceptors (Lipinski definition) is 3. The number of carbonyl (C=O) groups is 1. The van der Waals surface area contributed by atoms with E-state index in [1.54, 1.807) is 6.92 Å². The third-order valence-electron chi connectivity index (χ3n) is 0.863. The fourth-order valence-electron chi connectivity index (χ4n) is 0.303. The highest BCUT2D eigenvalue weighted by Crippen LogP contribution is 1.92. The number of carbonyl (C=O) groups excluding carboxylic acids is 1. The van der Waals surface area contributed by atoms with Crippen molar-refractivity contribution in [3.8, 4) is 6.07 Å². The number of hydrogen-bond donors (Lipinski definition) is 0. The van der Waals surface area contributed by atoms with E-state index in [2.05, 4.69) is 11.3 Å². The second-order valence-corrected chi connectivity index (χ2v) is 1.86. The molecule has 1 unspecified atom stereocenters. The Labute approximate surface area is 59.9 Å². The summed E-state index contributed by atoms with van der Waals surface area (Å²) >= 11 is 0. The van der Waals surface area contributed by atoms with E-state index in [9.17, 15) is 4.79 Å². The number of ether oxygens (including phenoxy) is 1. The van der Waals surface area contributed by atoms with Gasteiger partial charge in [0.05, 0.1) is 12.0 Å². The summed E-state index contributed by atoms with van der Waals surface area (Å²) in [6.07, 6.45) is 1.07. The molecule has 0 aliphatic rings. The Kier molecular flexibility index (Phi) is 3.97. The molecule has 0 aromatic heterocycles. The zero-order valence-electron chi connectivity index (χ0n) is 5.83. The maximum absolute atomic E-state index is 10.4. The van der Waals surface area contributed by atoms with E-state index in [1.807, 2.05) is 6.07 Å². The Bertz CT molecular complexity index is 169. The van der Waals surface area contributed by atoms with Gasteiger partial charge in [0.1, 0.15) is 6.61 Å². The van der Waals surface area contributed by atoms with Gasteiger partial charge in [-0.3, -0.25) is 0 Å². The molecule has 1 atom stereocenters. The smallest absolute Gasteiger partial charge is 0.330 e. The van der Waals surface area contributed by atoms with Gasteiger partial charge in [0.15, 0.2) is 0 Å². The quantitative estimate of drug-likeness (QED) is 0.430. The van der Waals surface area contributed by atoms with Crippen LogP contribution in [0.3, 0.4) is 0 Å². The molecular weight excluding hydrogens is 130 g/mol. The van der Waals surface area contributed by atoms with Crippen molar-refractivity contribution in [1.82, 2.24) is 0 Å². The predicted molar refractivity (Wildman–Crippen MR) is 35.9 cm³/mol. The first-order valence-corrected chi connectivity index (χ1v) is 2.89. The molecule has 0 heterocycles. The van der Waals surface area contributed by atoms with Gasteiger partial charge >= 0.3 is 5.97 Å². The lowest BCUT2D eigenvalue weighted by Gasteiger charge is -2.00. The van der Waals surface area contributed by atoms with Crippen molar-refractivity contribution in [2.75, 3.05) is 6.61 Å². The Morgan fingerprint density at radius 1 is 2.00 bits per heavy atom. The van der Waals surface area contributed by atoms with Gasteiger partial charge in [0, 0.05) is 6.08 Å². The lowest BCUT2D eigenvalue weighted by molar-refractivity contribution is -0.138. The molecule has 0 radical (unpaired) electrons. The van der Waals surface area contributed by atoms with Crippen LogP contribution in [0.1, 0.15) is 6.92 Å². The number of rotatable bonds is 3. The van der Waals surface area contributed by atoms with E-state index < -0.39 is 5.97 Å². The Morgan fingerprint density at radius 2 is 2.60 bits per heavy atom. The predicted octanol–water partition coefficient (Wildman–Crippen LogP) is 0.875. The molecule has 0 bridgehead atoms. The summed E-state index contributed by atoms with van der Waals surface area (Å²) in [6.45, 7) is 5.02. The van der Waals surface area contributed by atoms with E-state index in [0.717, 1.165) is 6.08 Å². The molecule has 0 amide bonds. The topological polar surface area (TPSA) is 50.1 Å². The molecule has 0 rings (SSSR count). The van der Waals surface area contributed by atoms with E-state index in [1.165, 1.54) is 0 Å². The van der Waals surface area contributed by atoms with Crippen LogP contribution in [0.5, 0.6) is 0 Å². The molecule has 0 aliphatic heterocycles. The van der Waals surface area contributed by atoms with Crippen molar-refractivity contribution in [3.05, 3.63) is 12.7 Å². The Hall–Kier alpha value is -1.30. The lowest BCUT2D eigenvalue weighted by atomic mass is 10.2. The van der Waals surface area contributed by atoms with Gasteiger partial charge in [-0.1, -0.05) is 6.58 Å². The third-order valence-corrected chi connectivity index (χ3v) is 0.863. The molecule has 0 aromatic carbocycles. The number of esters is 1. The zero-order chi connectivity index (χ0) is 7.98. The standard InChI is InChI=1S/C7H9NO2/c1-3-7(9)10-5-6(2)4-8/h3,6H,1,5H2,2H3. The summed E-state index contributed by atoms with van der Waals surface area (Å²) in [6, 6.07) is 1.93. The molecular formula is C7H9NO2. The van der Waals surface area contributed by atoms with Gasteiger partial charge in [-0.05, 0) is 6.92 Å². The van der Waals surface area contributed by atoms with Crippen molar-refractivity contribution >= 4 is 5.97 Å². The highest BCUT2D eigenvalue weighted by Gasteiger charge is 2.01. The first-order valence-electron chi connectivity index (χ1n) is 2.89. The van der Waals surface area contributed by atoms with E-state index in [4.69, 9.17) is 5.26 Å². The molecule has 0 spiro atoms. The molecule has 0 aliphatic carbocycles. The van der Waals surface area contributed by atoms with Crippen molar-refractivity contribution < 1.29 is 9.53 Å². The average molecular weight is 139 g/mol. The molecule has 10 heavy (non-hydrogen) atoms. The molecule has 0 aromatic rings. The Balaban J connectivity index is 3.47. The lowest BCUT2D eigenvalue weighted by Crippen LogP contribution is -2.07. The third kappa shape index (κ3) is 3.67. The van der Waals surface area contributed by atoms with Crippen LogP contribution in [-0.2, 0) is 9.53 Å². The van der Waals surface area contributed by atoms with E-state index >= 15 is 0 Å². The first-order chi connectivity index (χ1) is 4.70. The molecule has 0 fully saturated rings. The van der Waals surface area contributed by atoms with Crippen LogP contribution in [-0.4, -0.2) is 12.6 Å². The van der Waals surface area contributed by atoms with Crippen LogP contribution >= 0.6 is 0 Å². The van der Waals surface area contributed by atoms with Crippen LogP contribution in [0, 0.1) is 17.2 Å². The van der Waals surface area contributed by atoms with Crippen molar-refractivity contribution in [2.45, 2.75) is 6.92 Å². The fraction of sp³-hybridized carbons (Fsp3) is 0.429. The molecule has 0 saturated heterocycles. The minimum Gasteiger partial charge on any atom is -0.461 e. The minimum atomic E-state index is -0.484. The summed E-state index contributed by atoms with van der Waals surface area (Å²) < 4.78 is 4.56. The average Bonchev–Trinajstić information content (AvgIpc) is 1.99. The molecule has 0 N–H and O–H groups in total. The highest BCUT2D eigenvalue weighted by atomic mass is 16.5. The van der Waals surface area contributed by atoms with Crippen LogP contribution in [0.2, 0.25) is 0 Å². The molecule has 3 nitrogen and oxygen atoms in total. The number of nitriles is 1. The first kappa shape index (κ1) is 8.70. The van der Waals surface area contributed by atoms with Crippen LogP contribution < -0.4 is 0 Å². The van der Waals surface area contributed by atoms with Gasteiger partial charge in [0.25, 0.3) is 0 Å². The van der Waals surface area contributed by atoms with Gasteiger partial charge in [0.2, 0.25) is 0 Å². The normalized spacial score (nSPS) is 11.2. The minimum absolute atomic E-state index is 0.140. The van der Waals surface area contributed by atoms with Gasteiger partial charge in [-0.2, -0.15) is 5.26 Å². The summed E-state index contributed by atoms with van der Waals surface area (Å²) in [7, 11) is 0. The summed E-state index contributed by atoms with van der Waals surface area (Å²) in [5.41, 5.74) is 0. The SMILES string of the molecule is C=CC(=O)OCC(C)C#N. The van der Waals surface area contributed by atoms with E-state index in [-0.39, 0.29) is 12.5 Å². The van der Waals surface area contributed by atoms with E-state index in [0.29, 0.717) is 0 Å². The van der Waals surface area contributed by atoms with Crippen LogP contribution in [0.4, 0.5) is 0 Å².